The monoisotopic (exact) mass is 482 g/mol. The summed E-state index contributed by atoms with van der Waals surface area (Å²) >= 11 is 0. The summed E-state index contributed by atoms with van der Waals surface area (Å²) < 4.78 is 7.53. The van der Waals surface area contributed by atoms with E-state index in [1.165, 1.54) is 13.8 Å². The van der Waals surface area contributed by atoms with Crippen molar-refractivity contribution in [1.82, 2.24) is 9.78 Å². The minimum absolute atomic E-state index is 0.146. The van der Waals surface area contributed by atoms with Crippen LogP contribution in [-0.2, 0) is 9.59 Å². The van der Waals surface area contributed by atoms with Gasteiger partial charge in [0.1, 0.15) is 5.69 Å². The minimum Gasteiger partial charge on any atom is -0.407 e. The predicted octanol–water partition coefficient (Wildman–Crippen LogP) is 5.77. The SMILES string of the molecule is CC(=O)Nc1ccc(-c2c(-c3ccc(N(C)C)cc3)nn(-c3cc(C)ccc3C)c2OC(C)=O)cc1. The Balaban J connectivity index is 1.99. The van der Waals surface area contributed by atoms with Crippen LogP contribution >= 0.6 is 0 Å². The van der Waals surface area contributed by atoms with E-state index < -0.39 is 5.97 Å². The van der Waals surface area contributed by atoms with Crippen molar-refractivity contribution in [1.29, 1.82) is 0 Å². The molecule has 7 heteroatoms. The summed E-state index contributed by atoms with van der Waals surface area (Å²) in [6.07, 6.45) is 0. The number of esters is 1. The third-order valence-electron chi connectivity index (χ3n) is 5.83. The van der Waals surface area contributed by atoms with Crippen molar-refractivity contribution < 1.29 is 14.3 Å². The normalized spacial score (nSPS) is 10.7. The number of benzene rings is 3. The molecule has 0 spiro atoms. The van der Waals surface area contributed by atoms with E-state index in [4.69, 9.17) is 9.84 Å². The molecule has 0 aliphatic carbocycles. The Hall–Kier alpha value is -4.39. The number of amides is 1. The van der Waals surface area contributed by atoms with Crippen LogP contribution in [0.1, 0.15) is 25.0 Å². The highest BCUT2D eigenvalue weighted by atomic mass is 16.5. The van der Waals surface area contributed by atoms with Gasteiger partial charge in [-0.1, -0.05) is 36.4 Å². The van der Waals surface area contributed by atoms with Crippen molar-refractivity contribution in [3.63, 3.8) is 0 Å². The van der Waals surface area contributed by atoms with Crippen molar-refractivity contribution in [2.24, 2.45) is 0 Å². The Morgan fingerprint density at radius 1 is 0.889 bits per heavy atom. The molecule has 3 aromatic carbocycles. The fourth-order valence-electron chi connectivity index (χ4n) is 4.05. The van der Waals surface area contributed by atoms with Gasteiger partial charge in [-0.3, -0.25) is 9.59 Å². The molecular weight excluding hydrogens is 452 g/mol. The number of carbonyl (C=O) groups is 2. The second kappa shape index (κ2) is 10.1. The van der Waals surface area contributed by atoms with Gasteiger partial charge < -0.3 is 15.0 Å². The standard InChI is InChI=1S/C29H30N4O3/c1-18-7-8-19(2)26(17-18)33-29(36-21(4)35)27(22-9-13-24(14-10-22)30-20(3)34)28(31-33)23-11-15-25(16-12-23)32(5)6/h7-17H,1-6H3,(H,30,34). The lowest BCUT2D eigenvalue weighted by Gasteiger charge is -2.13. The third-order valence-corrected chi connectivity index (χ3v) is 5.83. The molecule has 0 saturated heterocycles. The molecule has 0 fully saturated rings. The summed E-state index contributed by atoms with van der Waals surface area (Å²) in [4.78, 5) is 25.8. The molecule has 0 atom stereocenters. The Kier molecular flexibility index (Phi) is 6.92. The average Bonchev–Trinajstić information content (AvgIpc) is 3.19. The van der Waals surface area contributed by atoms with Crippen molar-refractivity contribution in [2.75, 3.05) is 24.3 Å². The lowest BCUT2D eigenvalue weighted by molar-refractivity contribution is -0.132. The smallest absolute Gasteiger partial charge is 0.309 e. The predicted molar refractivity (Wildman–Crippen MR) is 144 cm³/mol. The number of hydrogen-bond donors (Lipinski definition) is 1. The average molecular weight is 483 g/mol. The van der Waals surface area contributed by atoms with Crippen LogP contribution < -0.4 is 15.0 Å². The summed E-state index contributed by atoms with van der Waals surface area (Å²) in [7, 11) is 3.98. The number of nitrogens with one attached hydrogen (secondary N) is 1. The molecule has 1 aromatic heterocycles. The largest absolute Gasteiger partial charge is 0.407 e. The fourth-order valence-corrected chi connectivity index (χ4v) is 4.05. The van der Waals surface area contributed by atoms with Crippen LogP contribution in [0.5, 0.6) is 5.88 Å². The first-order valence-corrected chi connectivity index (χ1v) is 11.7. The first kappa shape index (κ1) is 24.7. The van der Waals surface area contributed by atoms with Gasteiger partial charge in [-0.05, 0) is 60.9 Å². The second-order valence-corrected chi connectivity index (χ2v) is 9.02. The highest BCUT2D eigenvalue weighted by Crippen LogP contribution is 2.42. The summed E-state index contributed by atoms with van der Waals surface area (Å²) in [5.74, 6) is -0.241. The summed E-state index contributed by atoms with van der Waals surface area (Å²) in [6, 6.07) is 21.6. The van der Waals surface area contributed by atoms with Crippen molar-refractivity contribution >= 4 is 23.3 Å². The number of carbonyl (C=O) groups excluding carboxylic acids is 2. The minimum atomic E-state index is -0.438. The van der Waals surface area contributed by atoms with Crippen LogP contribution in [0.25, 0.3) is 28.1 Å². The summed E-state index contributed by atoms with van der Waals surface area (Å²) in [6.45, 7) is 6.87. The molecule has 0 aliphatic rings. The van der Waals surface area contributed by atoms with Gasteiger partial charge >= 0.3 is 5.97 Å². The van der Waals surface area contributed by atoms with Crippen LogP contribution in [0.3, 0.4) is 0 Å². The topological polar surface area (TPSA) is 76.5 Å². The highest BCUT2D eigenvalue weighted by Gasteiger charge is 2.25. The molecule has 36 heavy (non-hydrogen) atoms. The van der Waals surface area contributed by atoms with E-state index in [0.29, 0.717) is 22.8 Å². The van der Waals surface area contributed by atoms with Gasteiger partial charge in [0.25, 0.3) is 0 Å². The molecule has 0 aliphatic heterocycles. The van der Waals surface area contributed by atoms with Gasteiger partial charge in [0, 0.05) is 44.9 Å². The van der Waals surface area contributed by atoms with Crippen LogP contribution in [0.15, 0.2) is 66.7 Å². The Bertz CT molecular complexity index is 1420. The molecule has 1 N–H and O–H groups in total. The maximum atomic E-state index is 12.3. The van der Waals surface area contributed by atoms with Crippen molar-refractivity contribution in [2.45, 2.75) is 27.7 Å². The lowest BCUT2D eigenvalue weighted by atomic mass is 10.0. The third kappa shape index (κ3) is 5.15. The van der Waals surface area contributed by atoms with Gasteiger partial charge in [0.05, 0.1) is 11.3 Å². The molecule has 0 radical (unpaired) electrons. The Labute approximate surface area is 211 Å². The van der Waals surface area contributed by atoms with Crippen molar-refractivity contribution in [3.05, 3.63) is 77.9 Å². The molecular formula is C29H30N4O3. The van der Waals surface area contributed by atoms with E-state index in [0.717, 1.165) is 33.6 Å². The van der Waals surface area contributed by atoms with Crippen molar-refractivity contribution in [3.8, 4) is 34.0 Å². The number of aromatic nitrogens is 2. The first-order valence-electron chi connectivity index (χ1n) is 11.7. The number of rotatable bonds is 6. The number of hydrogen-bond acceptors (Lipinski definition) is 5. The van der Waals surface area contributed by atoms with E-state index >= 15 is 0 Å². The Morgan fingerprint density at radius 2 is 1.53 bits per heavy atom. The van der Waals surface area contributed by atoms with Gasteiger partial charge in [0.2, 0.25) is 11.8 Å². The zero-order valence-corrected chi connectivity index (χ0v) is 21.4. The second-order valence-electron chi connectivity index (χ2n) is 9.02. The van der Waals surface area contributed by atoms with Gasteiger partial charge in [-0.15, -0.1) is 0 Å². The first-order chi connectivity index (χ1) is 17.1. The molecule has 1 amide bonds. The van der Waals surface area contributed by atoms with Gasteiger partial charge in [0.15, 0.2) is 0 Å². The van der Waals surface area contributed by atoms with Crippen LogP contribution in [-0.4, -0.2) is 35.8 Å². The maximum absolute atomic E-state index is 12.3. The molecule has 4 rings (SSSR count). The molecule has 0 bridgehead atoms. The molecule has 4 aromatic rings. The molecule has 184 valence electrons. The summed E-state index contributed by atoms with van der Waals surface area (Å²) in [5, 5.41) is 7.77. The fraction of sp³-hybridized carbons (Fsp3) is 0.207. The van der Waals surface area contributed by atoms with Crippen LogP contribution in [0.2, 0.25) is 0 Å². The lowest BCUT2D eigenvalue weighted by Crippen LogP contribution is -2.09. The van der Waals surface area contributed by atoms with Gasteiger partial charge in [-0.25, -0.2) is 0 Å². The number of anilines is 2. The number of ether oxygens (including phenoxy) is 1. The zero-order chi connectivity index (χ0) is 26.0. The van der Waals surface area contributed by atoms with E-state index in [9.17, 15) is 9.59 Å². The van der Waals surface area contributed by atoms with Crippen LogP contribution in [0.4, 0.5) is 11.4 Å². The highest BCUT2D eigenvalue weighted by molar-refractivity contribution is 5.91. The van der Waals surface area contributed by atoms with Crippen LogP contribution in [0, 0.1) is 13.8 Å². The molecule has 0 unspecified atom stereocenters. The maximum Gasteiger partial charge on any atom is 0.309 e. The summed E-state index contributed by atoms with van der Waals surface area (Å²) in [5.41, 5.74) is 7.72. The van der Waals surface area contributed by atoms with E-state index in [2.05, 4.69) is 5.32 Å². The van der Waals surface area contributed by atoms with E-state index in [-0.39, 0.29) is 5.91 Å². The zero-order valence-electron chi connectivity index (χ0n) is 21.4. The molecule has 7 nitrogen and oxygen atoms in total. The Morgan fingerprint density at radius 3 is 2.11 bits per heavy atom. The van der Waals surface area contributed by atoms with Gasteiger partial charge in [-0.2, -0.15) is 9.78 Å². The molecule has 0 saturated carbocycles. The molecule has 1 heterocycles. The number of nitrogens with zero attached hydrogens (tertiary/aromatic N) is 3. The van der Waals surface area contributed by atoms with E-state index in [1.807, 2.05) is 99.6 Å². The van der Waals surface area contributed by atoms with E-state index in [1.54, 1.807) is 4.68 Å². The number of aryl methyl sites for hydroxylation is 2. The quantitative estimate of drug-likeness (QED) is 0.353.